The SMILES string of the molecule is CCc1nc2c(NC(=O)C(C)C)nc3ccccc3c2n1CCCCNS(C)(=O)=O. The molecule has 3 rings (SSSR count). The van der Waals surface area contributed by atoms with Gasteiger partial charge in [0.25, 0.3) is 0 Å². The molecule has 8 nitrogen and oxygen atoms in total. The van der Waals surface area contributed by atoms with Gasteiger partial charge in [0, 0.05) is 30.8 Å². The molecule has 0 atom stereocenters. The van der Waals surface area contributed by atoms with Crippen molar-refractivity contribution in [2.75, 3.05) is 18.1 Å². The number of pyridine rings is 1. The largest absolute Gasteiger partial charge is 0.327 e. The molecule has 9 heteroatoms. The fourth-order valence-electron chi connectivity index (χ4n) is 3.39. The lowest BCUT2D eigenvalue weighted by molar-refractivity contribution is -0.118. The van der Waals surface area contributed by atoms with Crippen LogP contribution in [0.25, 0.3) is 21.9 Å². The van der Waals surface area contributed by atoms with E-state index < -0.39 is 10.0 Å². The highest BCUT2D eigenvalue weighted by Gasteiger charge is 2.19. The molecule has 3 aromatic rings. The molecule has 0 unspecified atom stereocenters. The average Bonchev–Trinajstić information content (AvgIpc) is 3.06. The number of para-hydroxylation sites is 1. The molecule has 0 bridgehead atoms. The number of hydrogen-bond donors (Lipinski definition) is 2. The Morgan fingerprint density at radius 1 is 1.17 bits per heavy atom. The van der Waals surface area contributed by atoms with Crippen LogP contribution in [0.2, 0.25) is 0 Å². The number of aryl methyl sites for hydroxylation is 2. The summed E-state index contributed by atoms with van der Waals surface area (Å²) in [6.45, 7) is 6.84. The number of imidazole rings is 1. The van der Waals surface area contributed by atoms with Gasteiger partial charge in [-0.25, -0.2) is 23.1 Å². The minimum Gasteiger partial charge on any atom is -0.327 e. The number of nitrogens with zero attached hydrogens (tertiary/aromatic N) is 3. The van der Waals surface area contributed by atoms with Crippen molar-refractivity contribution in [3.8, 4) is 0 Å². The number of benzene rings is 1. The summed E-state index contributed by atoms with van der Waals surface area (Å²) in [6, 6.07) is 7.84. The molecule has 1 amide bonds. The number of fused-ring (bicyclic) bond motifs is 3. The molecule has 0 saturated heterocycles. The summed E-state index contributed by atoms with van der Waals surface area (Å²) >= 11 is 0. The van der Waals surface area contributed by atoms with Gasteiger partial charge in [-0.3, -0.25) is 4.79 Å². The van der Waals surface area contributed by atoms with Crippen LogP contribution in [-0.4, -0.2) is 41.7 Å². The van der Waals surface area contributed by atoms with Crippen molar-refractivity contribution in [1.82, 2.24) is 19.3 Å². The minimum absolute atomic E-state index is 0.0986. The van der Waals surface area contributed by atoms with Crippen molar-refractivity contribution in [2.24, 2.45) is 5.92 Å². The molecule has 162 valence electrons. The molecule has 0 aliphatic carbocycles. The standard InChI is InChI=1S/C21H29N5O3S/c1-5-17-24-18-19(26(17)13-9-8-12-22-30(4,28)29)15-10-6-7-11-16(15)23-20(18)25-21(27)14(2)3/h6-7,10-11,14,22H,5,8-9,12-13H2,1-4H3,(H,23,25,27). The third kappa shape index (κ3) is 4.96. The topological polar surface area (TPSA) is 106 Å². The van der Waals surface area contributed by atoms with E-state index in [0.29, 0.717) is 24.4 Å². The van der Waals surface area contributed by atoms with E-state index >= 15 is 0 Å². The van der Waals surface area contributed by atoms with Crippen molar-refractivity contribution in [2.45, 2.75) is 46.6 Å². The van der Waals surface area contributed by atoms with E-state index in [1.807, 2.05) is 45.0 Å². The maximum Gasteiger partial charge on any atom is 0.228 e. The van der Waals surface area contributed by atoms with Gasteiger partial charge in [-0.15, -0.1) is 0 Å². The predicted molar refractivity (Wildman–Crippen MR) is 120 cm³/mol. The molecule has 0 fully saturated rings. The van der Waals surface area contributed by atoms with E-state index in [2.05, 4.69) is 19.6 Å². The van der Waals surface area contributed by atoms with Crippen molar-refractivity contribution in [3.63, 3.8) is 0 Å². The summed E-state index contributed by atoms with van der Waals surface area (Å²) in [5.74, 6) is 1.13. The van der Waals surface area contributed by atoms with E-state index in [9.17, 15) is 13.2 Å². The minimum atomic E-state index is -3.18. The summed E-state index contributed by atoms with van der Waals surface area (Å²) in [5.41, 5.74) is 2.44. The van der Waals surface area contributed by atoms with Gasteiger partial charge in [0.2, 0.25) is 15.9 Å². The van der Waals surface area contributed by atoms with Crippen molar-refractivity contribution >= 4 is 43.7 Å². The van der Waals surface area contributed by atoms with Gasteiger partial charge in [0.05, 0.1) is 17.3 Å². The molecular formula is C21H29N5O3S. The van der Waals surface area contributed by atoms with E-state index in [0.717, 1.165) is 47.8 Å². The predicted octanol–water partition coefficient (Wildman–Crippen LogP) is 3.07. The highest BCUT2D eigenvalue weighted by molar-refractivity contribution is 7.88. The first-order valence-electron chi connectivity index (χ1n) is 10.2. The quantitative estimate of drug-likeness (QED) is 0.507. The zero-order chi connectivity index (χ0) is 21.9. The Hall–Kier alpha value is -2.52. The van der Waals surface area contributed by atoms with E-state index in [4.69, 9.17) is 4.98 Å². The lowest BCUT2D eigenvalue weighted by Crippen LogP contribution is -2.23. The first-order chi connectivity index (χ1) is 14.2. The first-order valence-corrected chi connectivity index (χ1v) is 12.1. The maximum absolute atomic E-state index is 12.3. The number of amides is 1. The summed E-state index contributed by atoms with van der Waals surface area (Å²) < 4.78 is 27.2. The smallest absolute Gasteiger partial charge is 0.228 e. The number of aromatic nitrogens is 3. The summed E-state index contributed by atoms with van der Waals surface area (Å²) in [4.78, 5) is 21.8. The Balaban J connectivity index is 2.01. The number of unbranched alkanes of at least 4 members (excludes halogenated alkanes) is 1. The van der Waals surface area contributed by atoms with Crippen LogP contribution in [0, 0.1) is 5.92 Å². The molecule has 0 aliphatic heterocycles. The summed E-state index contributed by atoms with van der Waals surface area (Å²) in [7, 11) is -3.18. The van der Waals surface area contributed by atoms with Crippen molar-refractivity contribution < 1.29 is 13.2 Å². The van der Waals surface area contributed by atoms with Crippen LogP contribution < -0.4 is 10.0 Å². The van der Waals surface area contributed by atoms with Gasteiger partial charge >= 0.3 is 0 Å². The van der Waals surface area contributed by atoms with Crippen LogP contribution in [0.4, 0.5) is 5.82 Å². The van der Waals surface area contributed by atoms with Crippen LogP contribution in [-0.2, 0) is 27.8 Å². The van der Waals surface area contributed by atoms with Gasteiger partial charge in [0.1, 0.15) is 11.3 Å². The van der Waals surface area contributed by atoms with Crippen molar-refractivity contribution in [3.05, 3.63) is 30.1 Å². The monoisotopic (exact) mass is 431 g/mol. The third-order valence-electron chi connectivity index (χ3n) is 4.92. The fraction of sp³-hybridized carbons (Fsp3) is 0.476. The van der Waals surface area contributed by atoms with E-state index in [1.165, 1.54) is 0 Å². The number of anilines is 1. The van der Waals surface area contributed by atoms with E-state index in [1.54, 1.807) is 0 Å². The molecule has 2 N–H and O–H groups in total. The van der Waals surface area contributed by atoms with Crippen molar-refractivity contribution in [1.29, 1.82) is 0 Å². The Labute approximate surface area is 177 Å². The molecular weight excluding hydrogens is 402 g/mol. The number of sulfonamides is 1. The number of rotatable bonds is 9. The second-order valence-corrected chi connectivity index (χ2v) is 9.56. The maximum atomic E-state index is 12.3. The normalized spacial score (nSPS) is 12.2. The molecule has 0 saturated carbocycles. The number of carbonyl (C=O) groups excluding carboxylic acids is 1. The zero-order valence-electron chi connectivity index (χ0n) is 17.9. The first kappa shape index (κ1) is 22.2. The number of carbonyl (C=O) groups is 1. The molecule has 1 aromatic carbocycles. The highest BCUT2D eigenvalue weighted by atomic mass is 32.2. The van der Waals surface area contributed by atoms with Crippen LogP contribution in [0.5, 0.6) is 0 Å². The molecule has 30 heavy (non-hydrogen) atoms. The lowest BCUT2D eigenvalue weighted by atomic mass is 10.1. The van der Waals surface area contributed by atoms with Crippen LogP contribution in [0.1, 0.15) is 39.4 Å². The Morgan fingerprint density at radius 2 is 1.90 bits per heavy atom. The van der Waals surface area contributed by atoms with Crippen LogP contribution >= 0.6 is 0 Å². The van der Waals surface area contributed by atoms with Gasteiger partial charge < -0.3 is 9.88 Å². The fourth-order valence-corrected chi connectivity index (χ4v) is 3.91. The van der Waals surface area contributed by atoms with Crippen LogP contribution in [0.15, 0.2) is 24.3 Å². The molecule has 2 heterocycles. The second kappa shape index (κ2) is 9.09. The number of hydrogen-bond acceptors (Lipinski definition) is 5. The average molecular weight is 432 g/mol. The Bertz CT molecular complexity index is 1170. The summed E-state index contributed by atoms with van der Waals surface area (Å²) in [6.07, 6.45) is 3.42. The highest BCUT2D eigenvalue weighted by Crippen LogP contribution is 2.31. The zero-order valence-corrected chi connectivity index (χ0v) is 18.7. The molecule has 0 aliphatic rings. The summed E-state index contributed by atoms with van der Waals surface area (Å²) in [5, 5.41) is 3.91. The van der Waals surface area contributed by atoms with Gasteiger partial charge in [-0.05, 0) is 18.9 Å². The number of nitrogens with one attached hydrogen (secondary N) is 2. The van der Waals surface area contributed by atoms with Gasteiger partial charge in [-0.1, -0.05) is 39.0 Å². The van der Waals surface area contributed by atoms with Gasteiger partial charge in [0.15, 0.2) is 5.82 Å². The molecule has 2 aromatic heterocycles. The second-order valence-electron chi connectivity index (χ2n) is 7.73. The molecule has 0 spiro atoms. The Kier molecular flexibility index (Phi) is 6.72. The van der Waals surface area contributed by atoms with Crippen LogP contribution in [0.3, 0.4) is 0 Å². The third-order valence-corrected chi connectivity index (χ3v) is 5.65. The molecule has 0 radical (unpaired) electrons. The lowest BCUT2D eigenvalue weighted by Gasteiger charge is -2.12. The Morgan fingerprint density at radius 3 is 2.57 bits per heavy atom. The van der Waals surface area contributed by atoms with Gasteiger partial charge in [-0.2, -0.15) is 0 Å². The van der Waals surface area contributed by atoms with E-state index in [-0.39, 0.29) is 11.8 Å².